The van der Waals surface area contributed by atoms with Crippen molar-refractivity contribution in [2.75, 3.05) is 0 Å². The Morgan fingerprint density at radius 2 is 2.13 bits per heavy atom. The number of pyridine rings is 1. The number of hydrogen-bond donors (Lipinski definition) is 0. The molecule has 2 heterocycles. The van der Waals surface area contributed by atoms with E-state index in [-0.39, 0.29) is 5.82 Å². The first-order chi connectivity index (χ1) is 7.06. The molecule has 0 aliphatic carbocycles. The molecular weight excluding hydrogens is 191 g/mol. The number of hydrogen-bond acceptors (Lipinski definition) is 1. The first-order valence-electron chi connectivity index (χ1n) is 5.20. The van der Waals surface area contributed by atoms with Crippen molar-refractivity contribution < 1.29 is 4.39 Å². The molecule has 0 fully saturated rings. The van der Waals surface area contributed by atoms with E-state index in [9.17, 15) is 4.39 Å². The molecule has 15 heavy (non-hydrogen) atoms. The lowest BCUT2D eigenvalue weighted by Gasteiger charge is -2.05. The monoisotopic (exact) mass is 206 g/mol. The minimum atomic E-state index is -0.235. The minimum absolute atomic E-state index is 0.235. The van der Waals surface area contributed by atoms with E-state index in [0.29, 0.717) is 11.6 Å². The third kappa shape index (κ3) is 2.01. The highest BCUT2D eigenvalue weighted by molar-refractivity contribution is 5.43. The lowest BCUT2D eigenvalue weighted by atomic mass is 10.0. The molecule has 0 unspecified atom stereocenters. The second-order valence-electron chi connectivity index (χ2n) is 4.41. The van der Waals surface area contributed by atoms with E-state index in [0.717, 1.165) is 17.7 Å². The van der Waals surface area contributed by atoms with E-state index in [1.54, 1.807) is 10.5 Å². The van der Waals surface area contributed by atoms with E-state index in [1.807, 2.05) is 19.3 Å². The quantitative estimate of drug-likeness (QED) is 0.738. The summed E-state index contributed by atoms with van der Waals surface area (Å²) in [6, 6.07) is 1.59. The molecule has 0 radical (unpaired) electrons. The Kier molecular flexibility index (Phi) is 2.47. The van der Waals surface area contributed by atoms with Gasteiger partial charge in [0.2, 0.25) is 0 Å². The van der Waals surface area contributed by atoms with Gasteiger partial charge < -0.3 is 4.40 Å². The van der Waals surface area contributed by atoms with Crippen molar-refractivity contribution in [2.45, 2.75) is 27.2 Å². The summed E-state index contributed by atoms with van der Waals surface area (Å²) in [5.41, 5.74) is 2.28. The van der Waals surface area contributed by atoms with Crippen LogP contribution in [0, 0.1) is 18.7 Å². The average Bonchev–Trinajstić information content (AvgIpc) is 2.44. The van der Waals surface area contributed by atoms with Crippen LogP contribution in [0.2, 0.25) is 0 Å². The van der Waals surface area contributed by atoms with E-state index in [4.69, 9.17) is 0 Å². The van der Waals surface area contributed by atoms with Gasteiger partial charge in [-0.2, -0.15) is 0 Å². The van der Waals surface area contributed by atoms with Crippen LogP contribution in [0.1, 0.15) is 25.1 Å². The number of fused-ring (bicyclic) bond motifs is 1. The van der Waals surface area contributed by atoms with Gasteiger partial charge in [0.05, 0.1) is 5.69 Å². The number of rotatable bonds is 2. The third-order valence-corrected chi connectivity index (χ3v) is 2.33. The van der Waals surface area contributed by atoms with Gasteiger partial charge in [-0.05, 0) is 30.9 Å². The van der Waals surface area contributed by atoms with Gasteiger partial charge in [0.15, 0.2) is 11.5 Å². The number of aryl methyl sites for hydroxylation is 1. The Morgan fingerprint density at radius 3 is 2.80 bits per heavy atom. The molecule has 2 aromatic heterocycles. The lowest BCUT2D eigenvalue weighted by Crippen LogP contribution is -1.98. The first-order valence-corrected chi connectivity index (χ1v) is 5.20. The van der Waals surface area contributed by atoms with Gasteiger partial charge in [0.1, 0.15) is 0 Å². The lowest BCUT2D eigenvalue weighted by molar-refractivity contribution is 0.611. The summed E-state index contributed by atoms with van der Waals surface area (Å²) in [6.45, 7) is 6.12. The predicted molar refractivity (Wildman–Crippen MR) is 58.4 cm³/mol. The highest BCUT2D eigenvalue weighted by atomic mass is 19.1. The van der Waals surface area contributed by atoms with E-state index in [2.05, 4.69) is 18.8 Å². The van der Waals surface area contributed by atoms with E-state index in [1.165, 1.54) is 0 Å². The fraction of sp³-hybridized carbons (Fsp3) is 0.417. The van der Waals surface area contributed by atoms with Crippen LogP contribution >= 0.6 is 0 Å². The van der Waals surface area contributed by atoms with Gasteiger partial charge >= 0.3 is 0 Å². The Morgan fingerprint density at radius 1 is 1.40 bits per heavy atom. The molecule has 0 aliphatic heterocycles. The Hall–Kier alpha value is -1.38. The largest absolute Gasteiger partial charge is 0.304 e. The molecule has 0 atom stereocenters. The van der Waals surface area contributed by atoms with Crippen molar-refractivity contribution in [3.8, 4) is 0 Å². The van der Waals surface area contributed by atoms with Crippen molar-refractivity contribution in [3.63, 3.8) is 0 Å². The molecule has 0 N–H and O–H groups in total. The summed E-state index contributed by atoms with van der Waals surface area (Å²) in [4.78, 5) is 4.12. The molecule has 2 rings (SSSR count). The zero-order valence-corrected chi connectivity index (χ0v) is 9.29. The number of nitrogens with zero attached hydrogens (tertiary/aromatic N) is 2. The summed E-state index contributed by atoms with van der Waals surface area (Å²) in [5.74, 6) is 0.299. The van der Waals surface area contributed by atoms with Gasteiger partial charge in [-0.25, -0.2) is 9.37 Å². The van der Waals surface area contributed by atoms with Crippen LogP contribution in [0.25, 0.3) is 5.65 Å². The van der Waals surface area contributed by atoms with Crippen molar-refractivity contribution in [1.29, 1.82) is 0 Å². The smallest absolute Gasteiger partial charge is 0.173 e. The van der Waals surface area contributed by atoms with E-state index >= 15 is 0 Å². The number of imidazole rings is 1. The van der Waals surface area contributed by atoms with Crippen LogP contribution < -0.4 is 0 Å². The first kappa shape index (κ1) is 10.1. The molecular formula is C12H15FN2. The van der Waals surface area contributed by atoms with Crippen molar-refractivity contribution in [3.05, 3.63) is 35.5 Å². The number of halogens is 1. The molecule has 0 amide bonds. The van der Waals surface area contributed by atoms with Crippen LogP contribution in [0.3, 0.4) is 0 Å². The SMILES string of the molecule is Cc1cn2cc(CC(C)C)cc(F)c2n1. The van der Waals surface area contributed by atoms with Gasteiger partial charge in [0, 0.05) is 12.4 Å². The predicted octanol–water partition coefficient (Wildman–Crippen LogP) is 2.98. The molecule has 0 aliphatic rings. The number of aromatic nitrogens is 2. The maximum Gasteiger partial charge on any atom is 0.173 e. The standard InChI is InChI=1S/C12H15FN2/c1-8(2)4-10-5-11(13)12-14-9(3)6-15(12)7-10/h5-8H,4H2,1-3H3. The summed E-state index contributed by atoms with van der Waals surface area (Å²) in [5, 5.41) is 0. The topological polar surface area (TPSA) is 17.3 Å². The second-order valence-corrected chi connectivity index (χ2v) is 4.41. The summed E-state index contributed by atoms with van der Waals surface area (Å²) in [7, 11) is 0. The summed E-state index contributed by atoms with van der Waals surface area (Å²) >= 11 is 0. The molecule has 0 aromatic carbocycles. The fourth-order valence-corrected chi connectivity index (χ4v) is 1.82. The molecule has 0 saturated heterocycles. The zero-order chi connectivity index (χ0) is 11.0. The summed E-state index contributed by atoms with van der Waals surface area (Å²) in [6.07, 6.45) is 4.70. The van der Waals surface area contributed by atoms with Crippen molar-refractivity contribution >= 4 is 5.65 Å². The normalized spacial score (nSPS) is 11.5. The molecule has 0 spiro atoms. The second kappa shape index (κ2) is 3.65. The van der Waals surface area contributed by atoms with Crippen LogP contribution in [0.5, 0.6) is 0 Å². The van der Waals surface area contributed by atoms with Crippen LogP contribution in [-0.2, 0) is 6.42 Å². The van der Waals surface area contributed by atoms with Crippen molar-refractivity contribution in [2.24, 2.45) is 5.92 Å². The molecule has 3 heteroatoms. The van der Waals surface area contributed by atoms with Gasteiger partial charge in [-0.1, -0.05) is 13.8 Å². The van der Waals surface area contributed by atoms with Crippen LogP contribution in [0.15, 0.2) is 18.5 Å². The van der Waals surface area contributed by atoms with Gasteiger partial charge in [-0.3, -0.25) is 0 Å². The Balaban J connectivity index is 2.51. The van der Waals surface area contributed by atoms with Crippen LogP contribution in [-0.4, -0.2) is 9.38 Å². The molecule has 2 aromatic rings. The average molecular weight is 206 g/mol. The van der Waals surface area contributed by atoms with E-state index < -0.39 is 0 Å². The highest BCUT2D eigenvalue weighted by Crippen LogP contribution is 2.15. The van der Waals surface area contributed by atoms with Gasteiger partial charge in [0.25, 0.3) is 0 Å². The maximum absolute atomic E-state index is 13.6. The molecule has 2 nitrogen and oxygen atoms in total. The molecule has 0 saturated carbocycles. The Labute approximate surface area is 88.8 Å². The molecule has 80 valence electrons. The fourth-order valence-electron chi connectivity index (χ4n) is 1.82. The molecule has 0 bridgehead atoms. The maximum atomic E-state index is 13.6. The minimum Gasteiger partial charge on any atom is -0.304 e. The Bertz CT molecular complexity index is 486. The van der Waals surface area contributed by atoms with Crippen molar-refractivity contribution in [1.82, 2.24) is 9.38 Å². The van der Waals surface area contributed by atoms with Gasteiger partial charge in [-0.15, -0.1) is 0 Å². The summed E-state index contributed by atoms with van der Waals surface area (Å²) < 4.78 is 15.4. The highest BCUT2D eigenvalue weighted by Gasteiger charge is 2.07. The zero-order valence-electron chi connectivity index (χ0n) is 9.29. The van der Waals surface area contributed by atoms with Crippen LogP contribution in [0.4, 0.5) is 4.39 Å². The third-order valence-electron chi connectivity index (χ3n) is 2.33.